The Bertz CT molecular complexity index is 924. The Morgan fingerprint density at radius 2 is 2.04 bits per heavy atom. The molecule has 0 N–H and O–H groups in total. The lowest BCUT2D eigenvalue weighted by Gasteiger charge is -2.32. The summed E-state index contributed by atoms with van der Waals surface area (Å²) in [5.74, 6) is 1.46. The molecule has 1 atom stereocenters. The number of pyridine rings is 1. The Morgan fingerprint density at radius 3 is 2.80 bits per heavy atom. The maximum atomic E-state index is 12.9. The van der Waals surface area contributed by atoms with Gasteiger partial charge in [-0.15, -0.1) is 10.2 Å². The van der Waals surface area contributed by atoms with Crippen molar-refractivity contribution in [2.75, 3.05) is 0 Å². The third-order valence-corrected chi connectivity index (χ3v) is 4.76. The molecule has 4 rings (SSSR count). The van der Waals surface area contributed by atoms with Crippen LogP contribution < -0.4 is 0 Å². The van der Waals surface area contributed by atoms with Crippen LogP contribution in [0.15, 0.2) is 48.8 Å². The van der Waals surface area contributed by atoms with E-state index in [0.717, 1.165) is 17.0 Å². The molecule has 1 aromatic carbocycles. The summed E-state index contributed by atoms with van der Waals surface area (Å²) in [5, 5.41) is 9.23. The Kier molecular flexibility index (Phi) is 3.97. The van der Waals surface area contributed by atoms with E-state index >= 15 is 0 Å². The number of hydrogen-bond acceptors (Lipinski definition) is 4. The van der Waals surface area contributed by atoms with Crippen molar-refractivity contribution in [2.24, 2.45) is 0 Å². The number of nitrogens with zero attached hydrogens (tertiary/aromatic N) is 5. The van der Waals surface area contributed by atoms with Crippen molar-refractivity contribution in [3.05, 3.63) is 65.2 Å². The van der Waals surface area contributed by atoms with Crippen molar-refractivity contribution in [3.8, 4) is 11.4 Å². The molecule has 0 saturated heterocycles. The first-order chi connectivity index (χ1) is 12.1. The zero-order valence-electron chi connectivity index (χ0n) is 13.6. The minimum absolute atomic E-state index is 0.0253. The topological polar surface area (TPSA) is 63.9 Å². The number of carbonyl (C=O) groups is 1. The fourth-order valence-corrected chi connectivity index (χ4v) is 3.32. The molecule has 0 fully saturated rings. The van der Waals surface area contributed by atoms with Gasteiger partial charge in [-0.1, -0.05) is 29.8 Å². The van der Waals surface area contributed by atoms with Crippen molar-refractivity contribution in [1.29, 1.82) is 0 Å². The lowest BCUT2D eigenvalue weighted by Crippen LogP contribution is -2.41. The minimum atomic E-state index is -0.378. The van der Waals surface area contributed by atoms with Gasteiger partial charge in [0.05, 0.1) is 6.54 Å². The number of aromatic nitrogens is 4. The smallest absolute Gasteiger partial charge is 0.246 e. The van der Waals surface area contributed by atoms with Crippen LogP contribution >= 0.6 is 11.6 Å². The number of amides is 1. The average molecular weight is 354 g/mol. The van der Waals surface area contributed by atoms with E-state index in [9.17, 15) is 4.79 Å². The summed E-state index contributed by atoms with van der Waals surface area (Å²) in [6, 6.07) is 10.9. The van der Waals surface area contributed by atoms with Gasteiger partial charge in [-0.05, 0) is 30.7 Å². The third-order valence-electron chi connectivity index (χ3n) is 4.39. The van der Waals surface area contributed by atoms with E-state index in [4.69, 9.17) is 11.6 Å². The monoisotopic (exact) mass is 353 g/mol. The molecule has 2 aromatic heterocycles. The molecular weight excluding hydrogens is 338 g/mol. The van der Waals surface area contributed by atoms with Crippen molar-refractivity contribution >= 4 is 17.5 Å². The predicted molar refractivity (Wildman–Crippen MR) is 93.7 cm³/mol. The summed E-state index contributed by atoms with van der Waals surface area (Å²) in [4.78, 5) is 18.8. The van der Waals surface area contributed by atoms with Gasteiger partial charge in [0.15, 0.2) is 11.6 Å². The van der Waals surface area contributed by atoms with Crippen LogP contribution in [0, 0.1) is 0 Å². The molecule has 6 nitrogen and oxygen atoms in total. The average Bonchev–Trinajstić information content (AvgIpc) is 3.06. The summed E-state index contributed by atoms with van der Waals surface area (Å²) in [6.45, 7) is 2.73. The van der Waals surface area contributed by atoms with Gasteiger partial charge in [-0.25, -0.2) is 0 Å². The van der Waals surface area contributed by atoms with Crippen molar-refractivity contribution in [1.82, 2.24) is 24.6 Å². The highest BCUT2D eigenvalue weighted by atomic mass is 35.5. The second-order valence-electron chi connectivity index (χ2n) is 6.01. The number of hydrogen-bond donors (Lipinski definition) is 0. The largest absolute Gasteiger partial charge is 0.329 e. The summed E-state index contributed by atoms with van der Waals surface area (Å²) < 4.78 is 1.89. The maximum Gasteiger partial charge on any atom is 0.246 e. The van der Waals surface area contributed by atoms with Gasteiger partial charge in [0.1, 0.15) is 6.04 Å². The molecule has 0 unspecified atom stereocenters. The molecule has 0 saturated carbocycles. The van der Waals surface area contributed by atoms with Crippen molar-refractivity contribution < 1.29 is 4.79 Å². The highest BCUT2D eigenvalue weighted by Gasteiger charge is 2.33. The molecule has 126 valence electrons. The lowest BCUT2D eigenvalue weighted by atomic mass is 10.1. The number of carbonyl (C=O) groups excluding carboxylic acids is 1. The zero-order valence-corrected chi connectivity index (χ0v) is 14.4. The van der Waals surface area contributed by atoms with Crippen LogP contribution in [0.2, 0.25) is 5.02 Å². The Labute approximate surface area is 150 Å². The van der Waals surface area contributed by atoms with Gasteiger partial charge in [-0.3, -0.25) is 14.3 Å². The lowest BCUT2D eigenvalue weighted by molar-refractivity contribution is -0.137. The summed E-state index contributed by atoms with van der Waals surface area (Å²) in [5.41, 5.74) is 1.77. The van der Waals surface area contributed by atoms with E-state index in [1.54, 1.807) is 17.3 Å². The first-order valence-electron chi connectivity index (χ1n) is 8.01. The summed E-state index contributed by atoms with van der Waals surface area (Å²) >= 11 is 6.23. The molecule has 0 bridgehead atoms. The molecular formula is C18H16ClN5O. The fraction of sp³-hybridized carbons (Fsp3) is 0.222. The molecule has 1 aliphatic rings. The summed E-state index contributed by atoms with van der Waals surface area (Å²) in [6.07, 6.45) is 3.43. The molecule has 3 heterocycles. The molecule has 25 heavy (non-hydrogen) atoms. The normalized spacial score (nSPS) is 16.8. The quantitative estimate of drug-likeness (QED) is 0.725. The number of benzene rings is 1. The van der Waals surface area contributed by atoms with E-state index in [-0.39, 0.29) is 11.9 Å². The van der Waals surface area contributed by atoms with E-state index in [1.807, 2.05) is 47.9 Å². The maximum absolute atomic E-state index is 12.9. The van der Waals surface area contributed by atoms with Crippen LogP contribution in [0.1, 0.15) is 24.4 Å². The number of halogens is 1. The zero-order chi connectivity index (χ0) is 17.4. The van der Waals surface area contributed by atoms with Crippen LogP contribution in [0.25, 0.3) is 11.4 Å². The van der Waals surface area contributed by atoms with Crippen molar-refractivity contribution in [2.45, 2.75) is 26.1 Å². The number of rotatable bonds is 3. The second kappa shape index (κ2) is 6.29. The van der Waals surface area contributed by atoms with E-state index in [2.05, 4.69) is 15.2 Å². The molecule has 7 heteroatoms. The van der Waals surface area contributed by atoms with Crippen LogP contribution in [0.4, 0.5) is 0 Å². The van der Waals surface area contributed by atoms with Gasteiger partial charge in [-0.2, -0.15) is 0 Å². The Balaban J connectivity index is 1.67. The first kappa shape index (κ1) is 15.8. The predicted octanol–water partition coefficient (Wildman–Crippen LogP) is 3.10. The molecule has 0 aliphatic carbocycles. The molecule has 1 aliphatic heterocycles. The number of fused-ring (bicyclic) bond motifs is 1. The van der Waals surface area contributed by atoms with Gasteiger partial charge in [0.2, 0.25) is 5.91 Å². The highest BCUT2D eigenvalue weighted by molar-refractivity contribution is 6.31. The van der Waals surface area contributed by atoms with Gasteiger partial charge >= 0.3 is 0 Å². The highest BCUT2D eigenvalue weighted by Crippen LogP contribution is 2.29. The van der Waals surface area contributed by atoms with Gasteiger partial charge in [0.25, 0.3) is 0 Å². The molecule has 0 radical (unpaired) electrons. The van der Waals surface area contributed by atoms with Crippen LogP contribution in [0.3, 0.4) is 0 Å². The minimum Gasteiger partial charge on any atom is -0.329 e. The molecule has 0 spiro atoms. The fourth-order valence-electron chi connectivity index (χ4n) is 3.12. The van der Waals surface area contributed by atoms with Crippen LogP contribution in [0.5, 0.6) is 0 Å². The standard InChI is InChI=1S/C18H16ClN5O/c1-12-18(25)23(10-14-5-2-3-7-15(14)19)11-16-21-22-17(24(12)16)13-6-4-8-20-9-13/h2-9,12H,10-11H2,1H3/t12-/m0/s1. The van der Waals surface area contributed by atoms with E-state index < -0.39 is 0 Å². The first-order valence-corrected chi connectivity index (χ1v) is 8.39. The van der Waals surface area contributed by atoms with E-state index in [1.165, 1.54) is 0 Å². The van der Waals surface area contributed by atoms with Gasteiger partial charge in [0, 0.05) is 29.5 Å². The van der Waals surface area contributed by atoms with E-state index in [0.29, 0.717) is 23.9 Å². The molecule has 1 amide bonds. The van der Waals surface area contributed by atoms with Crippen LogP contribution in [-0.4, -0.2) is 30.6 Å². The Hall–Kier alpha value is -2.73. The SMILES string of the molecule is C[C@H]1C(=O)N(Cc2ccccc2Cl)Cc2nnc(-c3cccnc3)n21. The third kappa shape index (κ3) is 2.78. The summed E-state index contributed by atoms with van der Waals surface area (Å²) in [7, 11) is 0. The Morgan fingerprint density at radius 1 is 1.20 bits per heavy atom. The molecule has 3 aromatic rings. The van der Waals surface area contributed by atoms with Gasteiger partial charge < -0.3 is 4.90 Å². The second-order valence-corrected chi connectivity index (χ2v) is 6.42. The van der Waals surface area contributed by atoms with Crippen molar-refractivity contribution in [3.63, 3.8) is 0 Å². The van der Waals surface area contributed by atoms with Crippen LogP contribution in [-0.2, 0) is 17.9 Å².